The Morgan fingerprint density at radius 3 is 2.25 bits per heavy atom. The Kier molecular flexibility index (Phi) is 4.95. The summed E-state index contributed by atoms with van der Waals surface area (Å²) in [6, 6.07) is 7.53. The van der Waals surface area contributed by atoms with Crippen molar-refractivity contribution >= 4 is 5.97 Å². The van der Waals surface area contributed by atoms with Crippen molar-refractivity contribution in [2.45, 2.75) is 20.1 Å². The third-order valence-corrected chi connectivity index (χ3v) is 2.42. The Morgan fingerprint density at radius 2 is 1.81 bits per heavy atom. The molecule has 4 nitrogen and oxygen atoms in total. The number of hydrogen-bond acceptors (Lipinski definition) is 3. The van der Waals surface area contributed by atoms with Gasteiger partial charge in [0, 0.05) is 6.54 Å². The predicted molar refractivity (Wildman–Crippen MR) is 61.0 cm³/mol. The Balaban J connectivity index is 2.59. The molecule has 0 radical (unpaired) electrons. The number of carboxylic acid groups (broad SMARTS) is 1. The van der Waals surface area contributed by atoms with E-state index in [1.54, 1.807) is 0 Å². The molecule has 0 atom stereocenters. The number of carbonyl (C=O) groups is 1. The molecular weight excluding hydrogens is 206 g/mol. The quantitative estimate of drug-likeness (QED) is 0.757. The molecule has 0 aliphatic carbocycles. The summed E-state index contributed by atoms with van der Waals surface area (Å²) < 4.78 is 0. The molecule has 4 heteroatoms. The maximum atomic E-state index is 10.6. The third kappa shape index (κ3) is 4.00. The molecular formula is C12H17NO3. The van der Waals surface area contributed by atoms with E-state index in [2.05, 4.69) is 0 Å². The molecule has 0 aliphatic heterocycles. The first-order valence-corrected chi connectivity index (χ1v) is 5.28. The summed E-state index contributed by atoms with van der Waals surface area (Å²) in [5.41, 5.74) is 1.92. The number of aliphatic hydroxyl groups is 1. The van der Waals surface area contributed by atoms with Gasteiger partial charge in [-0.1, -0.05) is 31.2 Å². The van der Waals surface area contributed by atoms with Crippen molar-refractivity contribution in [1.29, 1.82) is 0 Å². The SMILES string of the molecule is CCN(CC(=O)O)Cc1ccc(CO)cc1. The van der Waals surface area contributed by atoms with Crippen LogP contribution < -0.4 is 0 Å². The first kappa shape index (κ1) is 12.7. The van der Waals surface area contributed by atoms with E-state index in [-0.39, 0.29) is 13.2 Å². The van der Waals surface area contributed by atoms with Crippen molar-refractivity contribution in [1.82, 2.24) is 4.90 Å². The summed E-state index contributed by atoms with van der Waals surface area (Å²) in [4.78, 5) is 12.4. The highest BCUT2D eigenvalue weighted by atomic mass is 16.4. The molecule has 0 heterocycles. The van der Waals surface area contributed by atoms with Gasteiger partial charge in [0.1, 0.15) is 0 Å². The molecule has 0 saturated heterocycles. The van der Waals surface area contributed by atoms with Gasteiger partial charge in [0.25, 0.3) is 0 Å². The van der Waals surface area contributed by atoms with Crippen molar-refractivity contribution in [2.75, 3.05) is 13.1 Å². The van der Waals surface area contributed by atoms with Gasteiger partial charge in [-0.05, 0) is 17.7 Å². The van der Waals surface area contributed by atoms with Crippen LogP contribution in [0.1, 0.15) is 18.1 Å². The van der Waals surface area contributed by atoms with E-state index in [4.69, 9.17) is 10.2 Å². The van der Waals surface area contributed by atoms with E-state index in [1.807, 2.05) is 36.1 Å². The van der Waals surface area contributed by atoms with Crippen LogP contribution in [0.3, 0.4) is 0 Å². The van der Waals surface area contributed by atoms with Gasteiger partial charge >= 0.3 is 5.97 Å². The average molecular weight is 223 g/mol. The first-order chi connectivity index (χ1) is 7.65. The number of carboxylic acids is 1. The number of hydrogen-bond donors (Lipinski definition) is 2. The second-order valence-electron chi connectivity index (χ2n) is 3.67. The summed E-state index contributed by atoms with van der Waals surface area (Å²) in [6.07, 6.45) is 0. The van der Waals surface area contributed by atoms with Crippen LogP contribution in [0.15, 0.2) is 24.3 Å². The molecule has 0 fully saturated rings. The van der Waals surface area contributed by atoms with Crippen LogP contribution in [0.4, 0.5) is 0 Å². The van der Waals surface area contributed by atoms with Crippen molar-refractivity contribution in [2.24, 2.45) is 0 Å². The zero-order chi connectivity index (χ0) is 12.0. The van der Waals surface area contributed by atoms with E-state index >= 15 is 0 Å². The minimum absolute atomic E-state index is 0.0346. The minimum Gasteiger partial charge on any atom is -0.480 e. The van der Waals surface area contributed by atoms with Gasteiger partial charge < -0.3 is 10.2 Å². The van der Waals surface area contributed by atoms with Crippen LogP contribution in [0.5, 0.6) is 0 Å². The van der Waals surface area contributed by atoms with Crippen LogP contribution in [0.25, 0.3) is 0 Å². The van der Waals surface area contributed by atoms with E-state index in [0.29, 0.717) is 13.1 Å². The fourth-order valence-electron chi connectivity index (χ4n) is 1.48. The Labute approximate surface area is 95.1 Å². The molecule has 1 aromatic carbocycles. The fraction of sp³-hybridized carbons (Fsp3) is 0.417. The molecule has 0 bridgehead atoms. The van der Waals surface area contributed by atoms with Gasteiger partial charge in [0.15, 0.2) is 0 Å². The highest BCUT2D eigenvalue weighted by Gasteiger charge is 2.07. The number of benzene rings is 1. The molecule has 88 valence electrons. The molecule has 1 aromatic rings. The van der Waals surface area contributed by atoms with Crippen LogP contribution >= 0.6 is 0 Å². The van der Waals surface area contributed by atoms with Crippen molar-refractivity contribution in [3.05, 3.63) is 35.4 Å². The summed E-state index contributed by atoms with van der Waals surface area (Å²) in [6.45, 7) is 3.35. The lowest BCUT2D eigenvalue weighted by Crippen LogP contribution is -2.29. The number of rotatable bonds is 6. The Bertz CT molecular complexity index is 335. The van der Waals surface area contributed by atoms with Crippen LogP contribution in [-0.2, 0) is 17.9 Å². The van der Waals surface area contributed by atoms with E-state index in [1.165, 1.54) is 0 Å². The summed E-state index contributed by atoms with van der Waals surface area (Å²) in [5, 5.41) is 17.6. The molecule has 0 amide bonds. The van der Waals surface area contributed by atoms with Crippen LogP contribution in [0, 0.1) is 0 Å². The van der Waals surface area contributed by atoms with E-state index in [9.17, 15) is 4.79 Å². The minimum atomic E-state index is -0.811. The molecule has 0 aromatic heterocycles. The van der Waals surface area contributed by atoms with Crippen LogP contribution in [0.2, 0.25) is 0 Å². The third-order valence-electron chi connectivity index (χ3n) is 2.42. The Hall–Kier alpha value is -1.39. The molecule has 1 rings (SSSR count). The lowest BCUT2D eigenvalue weighted by Gasteiger charge is -2.17. The van der Waals surface area contributed by atoms with Gasteiger partial charge in [-0.25, -0.2) is 0 Å². The van der Waals surface area contributed by atoms with Crippen molar-refractivity contribution in [3.8, 4) is 0 Å². The predicted octanol–water partition coefficient (Wildman–Crippen LogP) is 1.09. The normalized spacial score (nSPS) is 10.7. The van der Waals surface area contributed by atoms with Crippen LogP contribution in [-0.4, -0.2) is 34.2 Å². The smallest absolute Gasteiger partial charge is 0.317 e. The molecule has 0 saturated carbocycles. The van der Waals surface area contributed by atoms with Gasteiger partial charge in [0.2, 0.25) is 0 Å². The second-order valence-corrected chi connectivity index (χ2v) is 3.67. The van der Waals surface area contributed by atoms with Gasteiger partial charge in [0.05, 0.1) is 13.2 Å². The van der Waals surface area contributed by atoms with Crippen molar-refractivity contribution < 1.29 is 15.0 Å². The maximum absolute atomic E-state index is 10.6. The number of aliphatic hydroxyl groups excluding tert-OH is 1. The van der Waals surface area contributed by atoms with Crippen molar-refractivity contribution in [3.63, 3.8) is 0 Å². The summed E-state index contributed by atoms with van der Waals surface area (Å²) in [7, 11) is 0. The standard InChI is InChI=1S/C12H17NO3/c1-2-13(8-12(15)16)7-10-3-5-11(9-14)6-4-10/h3-6,14H,2,7-9H2,1H3,(H,15,16). The van der Waals surface area contributed by atoms with Gasteiger partial charge in [-0.15, -0.1) is 0 Å². The molecule has 16 heavy (non-hydrogen) atoms. The Morgan fingerprint density at radius 1 is 1.25 bits per heavy atom. The average Bonchev–Trinajstić information content (AvgIpc) is 2.28. The zero-order valence-electron chi connectivity index (χ0n) is 9.39. The highest BCUT2D eigenvalue weighted by Crippen LogP contribution is 2.07. The van der Waals surface area contributed by atoms with Gasteiger partial charge in [-0.3, -0.25) is 9.69 Å². The number of nitrogens with zero attached hydrogens (tertiary/aromatic N) is 1. The first-order valence-electron chi connectivity index (χ1n) is 5.28. The second kappa shape index (κ2) is 6.25. The van der Waals surface area contributed by atoms with E-state index < -0.39 is 5.97 Å². The fourth-order valence-corrected chi connectivity index (χ4v) is 1.48. The molecule has 0 unspecified atom stereocenters. The summed E-state index contributed by atoms with van der Waals surface area (Å²) >= 11 is 0. The topological polar surface area (TPSA) is 60.8 Å². The molecule has 0 aliphatic rings. The zero-order valence-corrected chi connectivity index (χ0v) is 9.39. The lowest BCUT2D eigenvalue weighted by molar-refractivity contribution is -0.138. The maximum Gasteiger partial charge on any atom is 0.317 e. The lowest BCUT2D eigenvalue weighted by atomic mass is 10.1. The largest absolute Gasteiger partial charge is 0.480 e. The summed E-state index contributed by atoms with van der Waals surface area (Å²) in [5.74, 6) is -0.811. The monoisotopic (exact) mass is 223 g/mol. The molecule has 0 spiro atoms. The number of likely N-dealkylation sites (N-methyl/N-ethyl adjacent to an activating group) is 1. The van der Waals surface area contributed by atoms with E-state index in [0.717, 1.165) is 11.1 Å². The molecule has 2 N–H and O–H groups in total. The number of aliphatic carboxylic acids is 1. The van der Waals surface area contributed by atoms with Gasteiger partial charge in [-0.2, -0.15) is 0 Å². The highest BCUT2D eigenvalue weighted by molar-refractivity contribution is 5.69.